The molecule has 1 aliphatic heterocycles. The van der Waals surface area contributed by atoms with Crippen LogP contribution < -0.4 is 4.90 Å². The maximum atomic E-state index is 11.4. The maximum absolute atomic E-state index is 11.4. The fourth-order valence-corrected chi connectivity index (χ4v) is 3.86. The second-order valence-corrected chi connectivity index (χ2v) is 6.00. The molecule has 1 aromatic rings. The first kappa shape index (κ1) is 12.8. The van der Waals surface area contributed by atoms with E-state index in [9.17, 15) is 9.90 Å². The van der Waals surface area contributed by atoms with Crippen molar-refractivity contribution < 1.29 is 9.90 Å². The molecule has 0 spiro atoms. The largest absolute Gasteiger partial charge is 0.478 e. The number of fused-ring (bicyclic) bond motifs is 1. The SMILES string of the molecule is O=C(O)c1cc(Cl)ccc1N1CCCC2CCCC21. The molecule has 1 aromatic carbocycles. The number of halogens is 1. The predicted molar refractivity (Wildman–Crippen MR) is 76.1 cm³/mol. The first-order valence-electron chi connectivity index (χ1n) is 6.96. The van der Waals surface area contributed by atoms with E-state index in [1.807, 2.05) is 6.07 Å². The van der Waals surface area contributed by atoms with Gasteiger partial charge in [0.05, 0.1) is 11.3 Å². The van der Waals surface area contributed by atoms with Gasteiger partial charge in [0.1, 0.15) is 0 Å². The monoisotopic (exact) mass is 279 g/mol. The number of benzene rings is 1. The highest BCUT2D eigenvalue weighted by molar-refractivity contribution is 6.31. The van der Waals surface area contributed by atoms with Crippen LogP contribution in [0.2, 0.25) is 5.02 Å². The number of carboxylic acid groups (broad SMARTS) is 1. The summed E-state index contributed by atoms with van der Waals surface area (Å²) in [6.07, 6.45) is 6.19. The number of rotatable bonds is 2. The maximum Gasteiger partial charge on any atom is 0.337 e. The average Bonchev–Trinajstić information content (AvgIpc) is 2.86. The van der Waals surface area contributed by atoms with E-state index >= 15 is 0 Å². The van der Waals surface area contributed by atoms with Crippen LogP contribution in [0, 0.1) is 5.92 Å². The van der Waals surface area contributed by atoms with Crippen LogP contribution >= 0.6 is 11.6 Å². The fourth-order valence-electron chi connectivity index (χ4n) is 3.68. The summed E-state index contributed by atoms with van der Waals surface area (Å²) in [6.45, 7) is 0.961. The van der Waals surface area contributed by atoms with Gasteiger partial charge in [-0.25, -0.2) is 4.79 Å². The molecule has 1 saturated heterocycles. The molecule has 2 aliphatic rings. The molecule has 1 N–H and O–H groups in total. The Bertz CT molecular complexity index is 503. The van der Waals surface area contributed by atoms with Crippen molar-refractivity contribution in [3.05, 3.63) is 28.8 Å². The normalized spacial score (nSPS) is 26.3. The summed E-state index contributed by atoms with van der Waals surface area (Å²) in [4.78, 5) is 13.7. The van der Waals surface area contributed by atoms with Gasteiger partial charge in [0.15, 0.2) is 0 Å². The molecule has 0 amide bonds. The Morgan fingerprint density at radius 3 is 2.84 bits per heavy atom. The van der Waals surface area contributed by atoms with E-state index in [2.05, 4.69) is 4.90 Å². The fraction of sp³-hybridized carbons (Fsp3) is 0.533. The smallest absolute Gasteiger partial charge is 0.337 e. The number of nitrogens with zero attached hydrogens (tertiary/aromatic N) is 1. The molecule has 0 radical (unpaired) electrons. The van der Waals surface area contributed by atoms with Crippen molar-refractivity contribution >= 4 is 23.3 Å². The Morgan fingerprint density at radius 1 is 1.26 bits per heavy atom. The van der Waals surface area contributed by atoms with Gasteiger partial charge in [-0.15, -0.1) is 0 Å². The zero-order valence-electron chi connectivity index (χ0n) is 10.8. The van der Waals surface area contributed by atoms with Crippen LogP contribution in [-0.4, -0.2) is 23.7 Å². The van der Waals surface area contributed by atoms with Gasteiger partial charge >= 0.3 is 5.97 Å². The summed E-state index contributed by atoms with van der Waals surface area (Å²) >= 11 is 5.93. The van der Waals surface area contributed by atoms with Crippen molar-refractivity contribution in [3.8, 4) is 0 Å². The molecule has 1 saturated carbocycles. The van der Waals surface area contributed by atoms with Gasteiger partial charge in [0.25, 0.3) is 0 Å². The lowest BCUT2D eigenvalue weighted by Gasteiger charge is -2.40. The Labute approximate surface area is 118 Å². The molecular weight excluding hydrogens is 262 g/mol. The van der Waals surface area contributed by atoms with E-state index in [1.165, 1.54) is 25.7 Å². The third kappa shape index (κ3) is 2.32. The second kappa shape index (κ2) is 5.04. The summed E-state index contributed by atoms with van der Waals surface area (Å²) in [5, 5.41) is 9.86. The first-order valence-corrected chi connectivity index (χ1v) is 7.34. The Kier molecular flexibility index (Phi) is 3.40. The minimum Gasteiger partial charge on any atom is -0.478 e. The third-order valence-electron chi connectivity index (χ3n) is 4.49. The van der Waals surface area contributed by atoms with E-state index < -0.39 is 5.97 Å². The Morgan fingerprint density at radius 2 is 2.05 bits per heavy atom. The standard InChI is InChI=1S/C15H18ClNO2/c16-11-6-7-14(12(9-11)15(18)19)17-8-2-4-10-3-1-5-13(10)17/h6-7,9-10,13H,1-5,8H2,(H,18,19). The lowest BCUT2D eigenvalue weighted by Crippen LogP contribution is -2.43. The van der Waals surface area contributed by atoms with Crippen molar-refractivity contribution in [1.29, 1.82) is 0 Å². The highest BCUT2D eigenvalue weighted by Crippen LogP contribution is 2.40. The van der Waals surface area contributed by atoms with Crippen molar-refractivity contribution in [1.82, 2.24) is 0 Å². The number of carbonyl (C=O) groups is 1. The number of hydrogen-bond acceptors (Lipinski definition) is 2. The van der Waals surface area contributed by atoms with E-state index in [4.69, 9.17) is 11.6 Å². The van der Waals surface area contributed by atoms with Gasteiger partial charge < -0.3 is 10.0 Å². The minimum absolute atomic E-state index is 0.333. The van der Waals surface area contributed by atoms with Crippen molar-refractivity contribution in [2.45, 2.75) is 38.1 Å². The number of piperidine rings is 1. The van der Waals surface area contributed by atoms with Crippen molar-refractivity contribution in [3.63, 3.8) is 0 Å². The molecule has 2 fully saturated rings. The molecule has 0 bridgehead atoms. The van der Waals surface area contributed by atoms with Gasteiger partial charge in [-0.2, -0.15) is 0 Å². The van der Waals surface area contributed by atoms with Gasteiger partial charge in [-0.1, -0.05) is 18.0 Å². The molecule has 2 atom stereocenters. The molecule has 102 valence electrons. The third-order valence-corrected chi connectivity index (χ3v) is 4.73. The number of hydrogen-bond donors (Lipinski definition) is 1. The van der Waals surface area contributed by atoms with Crippen molar-refractivity contribution in [2.75, 3.05) is 11.4 Å². The van der Waals surface area contributed by atoms with Crippen LogP contribution in [0.3, 0.4) is 0 Å². The topological polar surface area (TPSA) is 40.5 Å². The summed E-state index contributed by atoms with van der Waals surface area (Å²) in [7, 11) is 0. The van der Waals surface area contributed by atoms with Crippen LogP contribution in [0.5, 0.6) is 0 Å². The summed E-state index contributed by atoms with van der Waals surface area (Å²) < 4.78 is 0. The van der Waals surface area contributed by atoms with E-state index in [0.29, 0.717) is 16.6 Å². The van der Waals surface area contributed by atoms with E-state index in [0.717, 1.165) is 24.6 Å². The zero-order valence-corrected chi connectivity index (χ0v) is 11.6. The highest BCUT2D eigenvalue weighted by Gasteiger charge is 2.36. The average molecular weight is 280 g/mol. The summed E-state index contributed by atoms with van der Waals surface area (Å²) in [5.74, 6) is -0.149. The van der Waals surface area contributed by atoms with E-state index in [-0.39, 0.29) is 0 Å². The summed E-state index contributed by atoms with van der Waals surface area (Å²) in [6, 6.07) is 5.75. The number of aromatic carboxylic acids is 1. The predicted octanol–water partition coefficient (Wildman–Crippen LogP) is 3.81. The van der Waals surface area contributed by atoms with Gasteiger partial charge in [-0.3, -0.25) is 0 Å². The molecule has 1 aliphatic carbocycles. The summed E-state index contributed by atoms with van der Waals surface area (Å²) in [5.41, 5.74) is 1.17. The quantitative estimate of drug-likeness (QED) is 0.895. The molecular formula is C15H18ClNO2. The van der Waals surface area contributed by atoms with Gasteiger partial charge in [-0.05, 0) is 49.8 Å². The highest BCUT2D eigenvalue weighted by atomic mass is 35.5. The number of carboxylic acids is 1. The lowest BCUT2D eigenvalue weighted by atomic mass is 9.91. The van der Waals surface area contributed by atoms with Crippen molar-refractivity contribution in [2.24, 2.45) is 5.92 Å². The molecule has 1 heterocycles. The molecule has 3 rings (SSSR count). The first-order chi connectivity index (χ1) is 9.16. The molecule has 3 nitrogen and oxygen atoms in total. The molecule has 0 aromatic heterocycles. The van der Waals surface area contributed by atoms with E-state index in [1.54, 1.807) is 12.1 Å². The van der Waals surface area contributed by atoms with Crippen LogP contribution in [0.25, 0.3) is 0 Å². The second-order valence-electron chi connectivity index (χ2n) is 5.56. The van der Waals surface area contributed by atoms with Crippen LogP contribution in [0.15, 0.2) is 18.2 Å². The Hall–Kier alpha value is -1.22. The van der Waals surface area contributed by atoms with Crippen LogP contribution in [-0.2, 0) is 0 Å². The number of anilines is 1. The molecule has 19 heavy (non-hydrogen) atoms. The van der Waals surface area contributed by atoms with Crippen LogP contribution in [0.1, 0.15) is 42.5 Å². The molecule has 4 heteroatoms. The van der Waals surface area contributed by atoms with Gasteiger partial charge in [0, 0.05) is 17.6 Å². The van der Waals surface area contributed by atoms with Crippen LogP contribution in [0.4, 0.5) is 5.69 Å². The lowest BCUT2D eigenvalue weighted by molar-refractivity contribution is 0.0697. The zero-order chi connectivity index (χ0) is 13.4. The minimum atomic E-state index is -0.891. The molecule has 2 unspecified atom stereocenters. The Balaban J connectivity index is 1.98. The van der Waals surface area contributed by atoms with Gasteiger partial charge in [0.2, 0.25) is 0 Å².